The molecular formula is C33H54N7O17P3S. The maximum Gasteiger partial charge on any atom is 0.481 e. The third-order valence-electron chi connectivity index (χ3n) is 8.61. The SMILES string of the molecule is CCC/C=C/CCCC/C=C/C(=O)SCCNC(=O)CCNC(=O)C(O)C(C)(C)COP(=O)(O)OP(=O)(O)OCC1OC(n2cnc3c(N)ncnc32)C(O)C1OP(=O)(O)O. The van der Waals surface area contributed by atoms with Gasteiger partial charge in [-0.05, 0) is 38.2 Å². The summed E-state index contributed by atoms with van der Waals surface area (Å²) in [4.78, 5) is 87.9. The third kappa shape index (κ3) is 18.0. The summed E-state index contributed by atoms with van der Waals surface area (Å²) in [6, 6.07) is 0. The average Bonchev–Trinajstić information content (AvgIpc) is 3.73. The summed E-state index contributed by atoms with van der Waals surface area (Å²) < 4.78 is 62.2. The Balaban J connectivity index is 1.40. The second-order valence-electron chi connectivity index (χ2n) is 14.2. The highest BCUT2D eigenvalue weighted by Gasteiger charge is 2.50. The zero-order valence-corrected chi connectivity index (χ0v) is 37.1. The summed E-state index contributed by atoms with van der Waals surface area (Å²) >= 11 is 1.05. The lowest BCUT2D eigenvalue weighted by Crippen LogP contribution is -2.46. The molecule has 344 valence electrons. The van der Waals surface area contributed by atoms with Crippen molar-refractivity contribution < 1.29 is 80.5 Å². The normalized spacial score (nSPS) is 21.1. The van der Waals surface area contributed by atoms with E-state index < -0.39 is 84.6 Å². The van der Waals surface area contributed by atoms with Gasteiger partial charge in [0, 0.05) is 30.7 Å². The maximum absolute atomic E-state index is 12.7. The number of allylic oxidation sites excluding steroid dienone is 3. The number of amides is 2. The van der Waals surface area contributed by atoms with Crippen LogP contribution in [0.5, 0.6) is 0 Å². The molecule has 0 radical (unpaired) electrons. The minimum atomic E-state index is -5.57. The molecule has 2 aromatic heterocycles. The molecule has 1 fully saturated rings. The molecule has 0 spiro atoms. The summed E-state index contributed by atoms with van der Waals surface area (Å²) in [5.74, 6) is -1.12. The number of hydrogen-bond acceptors (Lipinski definition) is 18. The number of carbonyl (C=O) groups excluding carboxylic acids is 3. The van der Waals surface area contributed by atoms with Crippen molar-refractivity contribution >= 4 is 69.1 Å². The van der Waals surface area contributed by atoms with E-state index in [1.54, 1.807) is 0 Å². The summed E-state index contributed by atoms with van der Waals surface area (Å²) in [5.41, 5.74) is 4.27. The number of fused-ring (bicyclic) bond motifs is 1. The van der Waals surface area contributed by atoms with E-state index in [0.717, 1.165) is 67.5 Å². The van der Waals surface area contributed by atoms with E-state index in [4.69, 9.17) is 19.5 Å². The largest absolute Gasteiger partial charge is 0.481 e. The van der Waals surface area contributed by atoms with Crippen LogP contribution in [-0.2, 0) is 50.7 Å². The van der Waals surface area contributed by atoms with E-state index in [2.05, 4.69) is 53.5 Å². The predicted molar refractivity (Wildman–Crippen MR) is 219 cm³/mol. The van der Waals surface area contributed by atoms with E-state index in [9.17, 15) is 57.9 Å². The van der Waals surface area contributed by atoms with E-state index in [1.165, 1.54) is 19.9 Å². The summed E-state index contributed by atoms with van der Waals surface area (Å²) in [5, 5.41) is 26.3. The van der Waals surface area contributed by atoms with Crippen molar-refractivity contribution in [1.82, 2.24) is 30.2 Å². The number of phosphoric ester groups is 3. The molecule has 28 heteroatoms. The maximum atomic E-state index is 12.7. The van der Waals surface area contributed by atoms with Crippen molar-refractivity contribution in [2.24, 2.45) is 5.41 Å². The minimum absolute atomic E-state index is 0.0307. The number of rotatable bonds is 27. The molecule has 1 aliphatic rings. The lowest BCUT2D eigenvalue weighted by molar-refractivity contribution is -0.137. The number of phosphoric acid groups is 3. The zero-order chi connectivity index (χ0) is 45.4. The zero-order valence-electron chi connectivity index (χ0n) is 33.6. The second kappa shape index (κ2) is 24.2. The van der Waals surface area contributed by atoms with Crippen LogP contribution in [-0.4, -0.2) is 123 Å². The smallest absolute Gasteiger partial charge is 0.386 e. The van der Waals surface area contributed by atoms with Gasteiger partial charge >= 0.3 is 23.5 Å². The van der Waals surface area contributed by atoms with Gasteiger partial charge in [-0.3, -0.25) is 32.5 Å². The number of nitrogens with zero attached hydrogens (tertiary/aromatic N) is 4. The number of aliphatic hydroxyl groups excluding tert-OH is 2. The van der Waals surface area contributed by atoms with Crippen LogP contribution in [0.25, 0.3) is 11.2 Å². The van der Waals surface area contributed by atoms with Crippen molar-refractivity contribution in [2.45, 2.75) is 96.4 Å². The van der Waals surface area contributed by atoms with Crippen LogP contribution in [0.3, 0.4) is 0 Å². The van der Waals surface area contributed by atoms with E-state index in [1.807, 2.05) is 6.08 Å². The van der Waals surface area contributed by atoms with Gasteiger partial charge in [0.1, 0.15) is 36.3 Å². The molecule has 2 aromatic rings. The number of anilines is 1. The van der Waals surface area contributed by atoms with Gasteiger partial charge in [-0.25, -0.2) is 28.6 Å². The molecule has 2 amide bonds. The Kier molecular flexibility index (Phi) is 20.8. The molecule has 0 aromatic carbocycles. The fourth-order valence-corrected chi connectivity index (χ4v) is 8.86. The van der Waals surface area contributed by atoms with Crippen LogP contribution in [0.15, 0.2) is 37.0 Å². The van der Waals surface area contributed by atoms with Gasteiger partial charge < -0.3 is 50.9 Å². The van der Waals surface area contributed by atoms with Crippen LogP contribution in [0, 0.1) is 5.41 Å². The first-order valence-corrected chi connectivity index (χ1v) is 24.4. The number of ether oxygens (including phenoxy) is 1. The van der Waals surface area contributed by atoms with E-state index >= 15 is 0 Å². The van der Waals surface area contributed by atoms with Gasteiger partial charge in [0.15, 0.2) is 17.7 Å². The average molecular weight is 946 g/mol. The molecule has 0 bridgehead atoms. The van der Waals surface area contributed by atoms with Gasteiger partial charge in [0.2, 0.25) is 16.9 Å². The van der Waals surface area contributed by atoms with E-state index in [-0.39, 0.29) is 41.6 Å². The number of thioether (sulfide) groups is 1. The Morgan fingerprint density at radius 2 is 1.67 bits per heavy atom. The van der Waals surface area contributed by atoms with Gasteiger partial charge in [-0.1, -0.05) is 57.2 Å². The van der Waals surface area contributed by atoms with Gasteiger partial charge in [0.25, 0.3) is 0 Å². The van der Waals surface area contributed by atoms with Gasteiger partial charge in [-0.2, -0.15) is 4.31 Å². The minimum Gasteiger partial charge on any atom is -0.386 e. The molecule has 3 rings (SSSR count). The summed E-state index contributed by atoms with van der Waals surface area (Å²) in [7, 11) is -16.4. The van der Waals surface area contributed by atoms with Crippen molar-refractivity contribution in [1.29, 1.82) is 0 Å². The number of carbonyl (C=O) groups is 3. The highest BCUT2D eigenvalue weighted by molar-refractivity contribution is 8.14. The second-order valence-corrected chi connectivity index (χ2v) is 19.5. The molecular weight excluding hydrogens is 891 g/mol. The predicted octanol–water partition coefficient (Wildman–Crippen LogP) is 2.14. The Bertz CT molecular complexity index is 1980. The number of nitrogens with one attached hydrogen (secondary N) is 2. The molecule has 61 heavy (non-hydrogen) atoms. The Morgan fingerprint density at radius 1 is 1.00 bits per heavy atom. The number of unbranched alkanes of at least 4 members (excludes halogenated alkanes) is 4. The fourth-order valence-electron chi connectivity index (χ4n) is 5.44. The highest BCUT2D eigenvalue weighted by atomic mass is 32.2. The molecule has 24 nitrogen and oxygen atoms in total. The topological polar surface area (TPSA) is 364 Å². The first-order valence-electron chi connectivity index (χ1n) is 18.9. The lowest BCUT2D eigenvalue weighted by atomic mass is 9.87. The van der Waals surface area contributed by atoms with Crippen LogP contribution in [0.1, 0.15) is 71.9 Å². The van der Waals surface area contributed by atoms with Gasteiger partial charge in [-0.15, -0.1) is 0 Å². The Labute approximate surface area is 355 Å². The highest BCUT2D eigenvalue weighted by Crippen LogP contribution is 2.61. The summed E-state index contributed by atoms with van der Waals surface area (Å²) in [6.45, 7) is 2.62. The Hall–Kier alpha value is -2.96. The molecule has 1 saturated heterocycles. The van der Waals surface area contributed by atoms with Crippen molar-refractivity contribution in [3.05, 3.63) is 37.0 Å². The fraction of sp³-hybridized carbons (Fsp3) is 0.636. The molecule has 7 atom stereocenters. The first-order chi connectivity index (χ1) is 28.6. The van der Waals surface area contributed by atoms with E-state index in [0.29, 0.717) is 5.75 Å². The van der Waals surface area contributed by atoms with Crippen molar-refractivity contribution in [3.8, 4) is 0 Å². The van der Waals surface area contributed by atoms with Crippen LogP contribution in [0.2, 0.25) is 0 Å². The first kappa shape index (κ1) is 52.4. The molecule has 10 N–H and O–H groups in total. The van der Waals surface area contributed by atoms with Gasteiger partial charge in [0.05, 0.1) is 19.5 Å². The summed E-state index contributed by atoms with van der Waals surface area (Å²) in [6.07, 6.45) is 6.82. The number of hydrogen-bond donors (Lipinski definition) is 9. The third-order valence-corrected chi connectivity index (χ3v) is 12.5. The molecule has 1 aliphatic heterocycles. The van der Waals surface area contributed by atoms with Crippen LogP contribution in [0.4, 0.5) is 5.82 Å². The lowest BCUT2D eigenvalue weighted by Gasteiger charge is -2.30. The molecule has 3 heterocycles. The quantitative estimate of drug-likeness (QED) is 0.0268. The monoisotopic (exact) mass is 945 g/mol. The number of imidazole rings is 1. The standard InChI is InChI=1S/C33H54N7O17P3S/c1-4-5-6-7-8-9-10-11-12-13-24(42)61-17-16-35-23(41)14-15-36-31(45)28(44)33(2,3)19-54-60(51,52)57-59(49,50)53-18-22-27(56-58(46,47)48)26(43)32(55-22)40-21-39-25-29(34)37-20-38-30(25)40/h6-7,12-13,20-22,26-28,32,43-44H,4-5,8-11,14-19H2,1-3H3,(H,35,41)(H,36,45)(H,49,50)(H,51,52)(H2,34,37,38)(H2,46,47,48)/b7-6+,13-12+. The molecule has 7 unspecified atom stereocenters. The molecule has 0 aliphatic carbocycles. The number of nitrogens with two attached hydrogens (primary N) is 1. The Morgan fingerprint density at radius 3 is 2.36 bits per heavy atom. The number of nitrogen functional groups attached to an aromatic ring is 1. The molecule has 0 saturated carbocycles. The number of aliphatic hydroxyl groups is 2. The van der Waals surface area contributed by atoms with Crippen LogP contribution < -0.4 is 16.4 Å². The van der Waals surface area contributed by atoms with Crippen molar-refractivity contribution in [3.63, 3.8) is 0 Å². The number of aromatic nitrogens is 4. The van der Waals surface area contributed by atoms with Crippen molar-refractivity contribution in [2.75, 3.05) is 37.8 Å². The van der Waals surface area contributed by atoms with Crippen LogP contribution >= 0.6 is 35.2 Å².